The minimum Gasteiger partial charge on any atom is -0.347 e. The van der Waals surface area contributed by atoms with Gasteiger partial charge in [-0.1, -0.05) is 13.0 Å². The maximum absolute atomic E-state index is 12.6. The Hall–Kier alpha value is -4.01. The number of carbonyl (C=O) groups is 3. The van der Waals surface area contributed by atoms with Crippen LogP contribution in [0.15, 0.2) is 48.7 Å². The first-order valence-electron chi connectivity index (χ1n) is 9.43. The van der Waals surface area contributed by atoms with Crippen molar-refractivity contribution < 1.29 is 19.3 Å². The molecule has 9 nitrogen and oxygen atoms in total. The number of hydrogen-bond donors (Lipinski definition) is 1. The van der Waals surface area contributed by atoms with Gasteiger partial charge in [0.25, 0.3) is 17.5 Å². The number of aryl methyl sites for hydroxylation is 1. The van der Waals surface area contributed by atoms with Crippen LogP contribution in [0.4, 0.5) is 11.4 Å². The van der Waals surface area contributed by atoms with Crippen LogP contribution in [0.2, 0.25) is 0 Å². The van der Waals surface area contributed by atoms with E-state index >= 15 is 0 Å². The van der Waals surface area contributed by atoms with Crippen molar-refractivity contribution in [3.05, 3.63) is 69.9 Å². The molecule has 0 radical (unpaired) electrons. The minimum atomic E-state index is -0.843. The van der Waals surface area contributed by atoms with Crippen molar-refractivity contribution in [2.75, 3.05) is 11.9 Å². The van der Waals surface area contributed by atoms with Crippen molar-refractivity contribution in [3.63, 3.8) is 0 Å². The van der Waals surface area contributed by atoms with Crippen LogP contribution in [0.1, 0.15) is 34.1 Å². The highest BCUT2D eigenvalue weighted by Gasteiger charge is 2.41. The highest BCUT2D eigenvalue weighted by Crippen LogP contribution is 2.30. The van der Waals surface area contributed by atoms with E-state index < -0.39 is 34.9 Å². The minimum absolute atomic E-state index is 0.0688. The van der Waals surface area contributed by atoms with Gasteiger partial charge in [-0.05, 0) is 36.8 Å². The molecule has 2 heterocycles. The third-order valence-corrected chi connectivity index (χ3v) is 4.99. The first-order valence-corrected chi connectivity index (χ1v) is 9.43. The molecule has 0 saturated carbocycles. The lowest BCUT2D eigenvalue weighted by Crippen LogP contribution is -2.37. The molecule has 3 amide bonds. The van der Waals surface area contributed by atoms with Gasteiger partial charge in [-0.25, -0.2) is 0 Å². The predicted molar refractivity (Wildman–Crippen MR) is 109 cm³/mol. The zero-order valence-corrected chi connectivity index (χ0v) is 16.1. The van der Waals surface area contributed by atoms with E-state index in [0.29, 0.717) is 5.69 Å². The van der Waals surface area contributed by atoms with Crippen molar-refractivity contribution in [3.8, 4) is 0 Å². The van der Waals surface area contributed by atoms with Gasteiger partial charge in [0.15, 0.2) is 0 Å². The van der Waals surface area contributed by atoms with Crippen LogP contribution in [-0.2, 0) is 11.3 Å². The number of hydrogen-bond acceptors (Lipinski definition) is 5. The number of nitro groups is 1. The number of nitrogens with zero attached hydrogens (tertiary/aromatic N) is 3. The fraction of sp³-hybridized carbons (Fsp3) is 0.190. The smallest absolute Gasteiger partial charge is 0.282 e. The van der Waals surface area contributed by atoms with Crippen LogP contribution in [0.5, 0.6) is 0 Å². The summed E-state index contributed by atoms with van der Waals surface area (Å²) in [5.74, 6) is -2.13. The topological polar surface area (TPSA) is 115 Å². The Morgan fingerprint density at radius 2 is 1.93 bits per heavy atom. The molecular formula is C21H18N4O5. The van der Waals surface area contributed by atoms with E-state index in [1.807, 2.05) is 24.4 Å². The van der Waals surface area contributed by atoms with Gasteiger partial charge < -0.3 is 9.88 Å². The van der Waals surface area contributed by atoms with Crippen LogP contribution in [0.25, 0.3) is 10.9 Å². The quantitative estimate of drug-likeness (QED) is 0.384. The van der Waals surface area contributed by atoms with Crippen molar-refractivity contribution in [2.45, 2.75) is 19.9 Å². The molecule has 0 unspecified atom stereocenters. The Morgan fingerprint density at radius 1 is 1.13 bits per heavy atom. The lowest BCUT2D eigenvalue weighted by molar-refractivity contribution is -0.385. The number of nitrogens with one attached hydrogen (secondary N) is 1. The Kier molecular flexibility index (Phi) is 4.78. The van der Waals surface area contributed by atoms with E-state index in [9.17, 15) is 24.5 Å². The first-order chi connectivity index (χ1) is 14.4. The van der Waals surface area contributed by atoms with E-state index in [1.165, 1.54) is 12.1 Å². The number of imide groups is 1. The molecule has 30 heavy (non-hydrogen) atoms. The SMILES string of the molecule is CCCn1ccc2cc(NC(=O)CN3C(=O)c4cccc([N+](=O)[O-])c4C3=O)ccc21. The number of benzene rings is 2. The lowest BCUT2D eigenvalue weighted by atomic mass is 10.1. The highest BCUT2D eigenvalue weighted by molar-refractivity contribution is 6.24. The summed E-state index contributed by atoms with van der Waals surface area (Å²) >= 11 is 0. The van der Waals surface area contributed by atoms with Gasteiger partial charge in [0.1, 0.15) is 12.1 Å². The number of nitro benzene ring substituents is 1. The molecule has 1 aliphatic heterocycles. The standard InChI is InChI=1S/C21H18N4O5/c1-2-9-23-10-8-13-11-14(6-7-16(13)23)22-18(26)12-24-20(27)15-4-3-5-17(25(29)30)19(15)21(24)28/h3-8,10-11H,2,9,12H2,1H3,(H,22,26). The van der Waals surface area contributed by atoms with E-state index in [0.717, 1.165) is 34.8 Å². The monoisotopic (exact) mass is 406 g/mol. The molecule has 0 saturated heterocycles. The molecule has 0 aliphatic carbocycles. The van der Waals surface area contributed by atoms with Gasteiger partial charge in [0, 0.05) is 35.4 Å². The third kappa shape index (κ3) is 3.20. The van der Waals surface area contributed by atoms with Gasteiger partial charge in [-0.3, -0.25) is 29.4 Å². The molecule has 152 valence electrons. The Balaban J connectivity index is 1.51. The summed E-state index contributed by atoms with van der Waals surface area (Å²) in [5, 5.41) is 14.8. The third-order valence-electron chi connectivity index (χ3n) is 4.99. The highest BCUT2D eigenvalue weighted by atomic mass is 16.6. The van der Waals surface area contributed by atoms with Crippen LogP contribution in [0.3, 0.4) is 0 Å². The first kappa shape index (κ1) is 19.3. The summed E-state index contributed by atoms with van der Waals surface area (Å²) in [6.07, 6.45) is 2.98. The molecule has 1 aliphatic rings. The normalized spacial score (nSPS) is 13.0. The Morgan fingerprint density at radius 3 is 2.67 bits per heavy atom. The summed E-state index contributed by atoms with van der Waals surface area (Å²) in [7, 11) is 0. The predicted octanol–water partition coefficient (Wildman–Crippen LogP) is 3.19. The summed E-state index contributed by atoms with van der Waals surface area (Å²) in [6.45, 7) is 2.45. The average molecular weight is 406 g/mol. The maximum Gasteiger partial charge on any atom is 0.282 e. The Bertz CT molecular complexity index is 1210. The molecule has 0 bridgehead atoms. The van der Waals surface area contributed by atoms with Crippen LogP contribution >= 0.6 is 0 Å². The number of carbonyl (C=O) groups excluding carboxylic acids is 3. The molecule has 9 heteroatoms. The zero-order chi connectivity index (χ0) is 21.4. The summed E-state index contributed by atoms with van der Waals surface area (Å²) < 4.78 is 2.12. The number of aromatic nitrogens is 1. The summed E-state index contributed by atoms with van der Waals surface area (Å²) in [4.78, 5) is 48.7. The molecular weight excluding hydrogens is 388 g/mol. The average Bonchev–Trinajstić information content (AvgIpc) is 3.22. The molecule has 1 N–H and O–H groups in total. The Labute approximate surface area is 171 Å². The molecule has 4 rings (SSSR count). The largest absolute Gasteiger partial charge is 0.347 e. The van der Waals surface area contributed by atoms with Crippen LogP contribution < -0.4 is 5.32 Å². The van der Waals surface area contributed by atoms with Gasteiger partial charge >= 0.3 is 0 Å². The second-order valence-corrected chi connectivity index (χ2v) is 6.98. The van der Waals surface area contributed by atoms with E-state index in [2.05, 4.69) is 16.8 Å². The van der Waals surface area contributed by atoms with Gasteiger partial charge in [-0.2, -0.15) is 0 Å². The fourth-order valence-electron chi connectivity index (χ4n) is 3.67. The van der Waals surface area contributed by atoms with E-state index in [-0.39, 0.29) is 11.1 Å². The van der Waals surface area contributed by atoms with Crippen molar-refractivity contribution in [2.24, 2.45) is 0 Å². The molecule has 0 spiro atoms. The van der Waals surface area contributed by atoms with Crippen molar-refractivity contribution >= 4 is 40.0 Å². The number of amides is 3. The summed E-state index contributed by atoms with van der Waals surface area (Å²) in [5.41, 5.74) is 0.780. The van der Waals surface area contributed by atoms with E-state index in [4.69, 9.17) is 0 Å². The van der Waals surface area contributed by atoms with Crippen molar-refractivity contribution in [1.82, 2.24) is 9.47 Å². The maximum atomic E-state index is 12.6. The van der Waals surface area contributed by atoms with Crippen LogP contribution in [0, 0.1) is 10.1 Å². The summed E-state index contributed by atoms with van der Waals surface area (Å²) in [6, 6.07) is 11.2. The number of anilines is 1. The second kappa shape index (κ2) is 7.43. The van der Waals surface area contributed by atoms with Crippen molar-refractivity contribution in [1.29, 1.82) is 0 Å². The number of rotatable bonds is 6. The molecule has 1 aromatic heterocycles. The van der Waals surface area contributed by atoms with Crippen LogP contribution in [-0.4, -0.2) is 38.7 Å². The second-order valence-electron chi connectivity index (χ2n) is 6.98. The number of fused-ring (bicyclic) bond motifs is 2. The molecule has 3 aromatic rings. The molecule has 2 aromatic carbocycles. The zero-order valence-electron chi connectivity index (χ0n) is 16.1. The van der Waals surface area contributed by atoms with Gasteiger partial charge in [-0.15, -0.1) is 0 Å². The van der Waals surface area contributed by atoms with Gasteiger partial charge in [0.2, 0.25) is 5.91 Å². The molecule has 0 atom stereocenters. The fourth-order valence-corrected chi connectivity index (χ4v) is 3.67. The van der Waals surface area contributed by atoms with E-state index in [1.54, 1.807) is 6.07 Å². The lowest BCUT2D eigenvalue weighted by Gasteiger charge is -2.13. The molecule has 0 fully saturated rings. The van der Waals surface area contributed by atoms with Gasteiger partial charge in [0.05, 0.1) is 10.5 Å².